The van der Waals surface area contributed by atoms with Gasteiger partial charge in [-0.1, -0.05) is 42.5 Å². The molecule has 1 saturated heterocycles. The summed E-state index contributed by atoms with van der Waals surface area (Å²) in [6.45, 7) is 0. The number of benzene rings is 3. The molecular weight excluding hydrogens is 426 g/mol. The quantitative estimate of drug-likeness (QED) is 0.623. The number of aromatic hydroxyl groups is 1. The molecule has 0 saturated carbocycles. The molecule has 5 rings (SSSR count). The highest BCUT2D eigenvalue weighted by atomic mass is 32.2. The lowest BCUT2D eigenvalue weighted by molar-refractivity contribution is -0.119. The predicted molar refractivity (Wildman–Crippen MR) is 121 cm³/mol. The van der Waals surface area contributed by atoms with Gasteiger partial charge in [-0.2, -0.15) is 0 Å². The Morgan fingerprint density at radius 3 is 2.53 bits per heavy atom. The molecule has 0 aromatic heterocycles. The van der Waals surface area contributed by atoms with E-state index in [1.54, 1.807) is 12.1 Å². The summed E-state index contributed by atoms with van der Waals surface area (Å²) >= 11 is 0. The third-order valence-electron chi connectivity index (χ3n) is 6.22. The van der Waals surface area contributed by atoms with E-state index < -0.39 is 21.8 Å². The van der Waals surface area contributed by atoms with Crippen molar-refractivity contribution in [3.8, 4) is 17.2 Å². The largest absolute Gasteiger partial charge is 0.508 e. The standard InChI is InChI=1S/C25H23NO5S/c27-23-13-16(9-10-20(23)17-14-25(28)26-32(29,30)15-17)19-11-12-22-21(19)7-4-8-24(22)31-18-5-2-1-3-6-18/h1-10,13,17,19,27H,11-12,14-15H2,(H,26,28)/t17?,19-/m1/s1. The second-order valence-corrected chi connectivity index (χ2v) is 10.1. The van der Waals surface area contributed by atoms with Crippen molar-refractivity contribution >= 4 is 15.9 Å². The molecule has 1 unspecified atom stereocenters. The van der Waals surface area contributed by atoms with Crippen molar-refractivity contribution < 1.29 is 23.1 Å². The highest BCUT2D eigenvalue weighted by Crippen LogP contribution is 2.44. The number of ether oxygens (including phenoxy) is 1. The molecule has 2 N–H and O–H groups in total. The van der Waals surface area contributed by atoms with Crippen LogP contribution in [0.1, 0.15) is 46.9 Å². The maximum atomic E-state index is 11.9. The Balaban J connectivity index is 1.42. The number of sulfonamides is 1. The fraction of sp³-hybridized carbons (Fsp3) is 0.240. The van der Waals surface area contributed by atoms with Gasteiger partial charge >= 0.3 is 0 Å². The van der Waals surface area contributed by atoms with E-state index in [4.69, 9.17) is 4.74 Å². The first-order valence-electron chi connectivity index (χ1n) is 10.6. The normalized spacial score (nSPS) is 21.6. The van der Waals surface area contributed by atoms with Crippen molar-refractivity contribution in [1.82, 2.24) is 4.72 Å². The summed E-state index contributed by atoms with van der Waals surface area (Å²) in [7, 11) is -3.67. The summed E-state index contributed by atoms with van der Waals surface area (Å²) in [4.78, 5) is 11.8. The van der Waals surface area contributed by atoms with Crippen molar-refractivity contribution in [2.75, 3.05) is 5.75 Å². The lowest BCUT2D eigenvalue weighted by Gasteiger charge is -2.24. The second kappa shape index (κ2) is 7.98. The molecule has 1 aliphatic carbocycles. The lowest BCUT2D eigenvalue weighted by atomic mass is 9.89. The number of carbonyl (C=O) groups excluding carboxylic acids is 1. The van der Waals surface area contributed by atoms with Crippen LogP contribution >= 0.6 is 0 Å². The van der Waals surface area contributed by atoms with Gasteiger partial charge in [-0.15, -0.1) is 0 Å². The molecule has 1 amide bonds. The smallest absolute Gasteiger partial charge is 0.235 e. The van der Waals surface area contributed by atoms with E-state index >= 15 is 0 Å². The monoisotopic (exact) mass is 449 g/mol. The maximum absolute atomic E-state index is 11.9. The molecule has 32 heavy (non-hydrogen) atoms. The molecule has 0 spiro atoms. The molecule has 3 aromatic carbocycles. The number of phenolic OH excluding ortho intramolecular Hbond substituents is 1. The first kappa shape index (κ1) is 20.6. The summed E-state index contributed by atoms with van der Waals surface area (Å²) in [5.41, 5.74) is 3.79. The summed E-state index contributed by atoms with van der Waals surface area (Å²) in [6.07, 6.45) is 1.80. The maximum Gasteiger partial charge on any atom is 0.235 e. The summed E-state index contributed by atoms with van der Waals surface area (Å²) < 4.78 is 31.9. The number of carbonyl (C=O) groups is 1. The molecule has 1 aliphatic heterocycles. The van der Waals surface area contributed by atoms with E-state index in [0.29, 0.717) is 5.56 Å². The van der Waals surface area contributed by atoms with Gasteiger partial charge in [0.15, 0.2) is 0 Å². The van der Waals surface area contributed by atoms with Crippen molar-refractivity contribution in [3.05, 3.63) is 89.0 Å². The first-order valence-corrected chi connectivity index (χ1v) is 12.3. The number of phenols is 1. The molecule has 2 atom stereocenters. The van der Waals surface area contributed by atoms with Crippen molar-refractivity contribution in [3.63, 3.8) is 0 Å². The summed E-state index contributed by atoms with van der Waals surface area (Å²) in [5, 5.41) is 10.7. The van der Waals surface area contributed by atoms with Gasteiger partial charge in [0, 0.05) is 18.3 Å². The van der Waals surface area contributed by atoms with E-state index in [0.717, 1.165) is 29.9 Å². The van der Waals surface area contributed by atoms with Gasteiger partial charge in [-0.3, -0.25) is 9.52 Å². The SMILES string of the molecule is O=C1CC(c2ccc([C@H]3CCc4c(Oc5ccccc5)cccc43)cc2O)CS(=O)(=O)N1. The minimum atomic E-state index is -3.67. The van der Waals surface area contributed by atoms with Crippen LogP contribution in [0.15, 0.2) is 66.7 Å². The van der Waals surface area contributed by atoms with Crippen LogP contribution in [0.3, 0.4) is 0 Å². The molecule has 0 bridgehead atoms. The zero-order valence-electron chi connectivity index (χ0n) is 17.3. The number of fused-ring (bicyclic) bond motifs is 1. The van der Waals surface area contributed by atoms with Crippen molar-refractivity contribution in [1.29, 1.82) is 0 Å². The Labute approximate surface area is 186 Å². The van der Waals surface area contributed by atoms with Crippen LogP contribution in [0.25, 0.3) is 0 Å². The van der Waals surface area contributed by atoms with Gasteiger partial charge in [0.2, 0.25) is 15.9 Å². The Hall–Kier alpha value is -3.32. The number of nitrogens with one attached hydrogen (secondary N) is 1. The number of hydrogen-bond acceptors (Lipinski definition) is 5. The third kappa shape index (κ3) is 3.96. The number of rotatable bonds is 4. The Morgan fingerprint density at radius 1 is 0.969 bits per heavy atom. The van der Waals surface area contributed by atoms with Gasteiger partial charge in [-0.05, 0) is 59.4 Å². The average molecular weight is 450 g/mol. The van der Waals surface area contributed by atoms with E-state index in [1.165, 1.54) is 11.1 Å². The van der Waals surface area contributed by atoms with Crippen LogP contribution in [0.2, 0.25) is 0 Å². The minimum absolute atomic E-state index is 0.0301. The van der Waals surface area contributed by atoms with Crippen LogP contribution in [0.5, 0.6) is 17.2 Å². The lowest BCUT2D eigenvalue weighted by Crippen LogP contribution is -2.40. The fourth-order valence-electron chi connectivity index (χ4n) is 4.80. The van der Waals surface area contributed by atoms with Gasteiger partial charge in [-0.25, -0.2) is 8.42 Å². The van der Waals surface area contributed by atoms with E-state index in [-0.39, 0.29) is 23.8 Å². The molecule has 2 aliphatic rings. The van der Waals surface area contributed by atoms with E-state index in [9.17, 15) is 18.3 Å². The van der Waals surface area contributed by atoms with Crippen LogP contribution in [-0.4, -0.2) is 25.2 Å². The van der Waals surface area contributed by atoms with Crippen molar-refractivity contribution in [2.45, 2.75) is 31.1 Å². The Bertz CT molecular complexity index is 1290. The van der Waals surface area contributed by atoms with Crippen LogP contribution in [0, 0.1) is 0 Å². The third-order valence-corrected chi connectivity index (χ3v) is 7.60. The summed E-state index contributed by atoms with van der Waals surface area (Å²) in [6, 6.07) is 21.1. The van der Waals surface area contributed by atoms with Crippen LogP contribution in [0.4, 0.5) is 0 Å². The topological polar surface area (TPSA) is 92.7 Å². The number of para-hydroxylation sites is 1. The molecule has 0 radical (unpaired) electrons. The van der Waals surface area contributed by atoms with E-state index in [1.807, 2.05) is 53.3 Å². The minimum Gasteiger partial charge on any atom is -0.508 e. The molecule has 164 valence electrons. The van der Waals surface area contributed by atoms with Gasteiger partial charge in [0.1, 0.15) is 17.2 Å². The molecule has 1 heterocycles. The van der Waals surface area contributed by atoms with Gasteiger partial charge < -0.3 is 9.84 Å². The molecular formula is C25H23NO5S. The molecule has 7 heteroatoms. The van der Waals surface area contributed by atoms with Gasteiger partial charge in [0.25, 0.3) is 0 Å². The average Bonchev–Trinajstić information content (AvgIpc) is 3.18. The molecule has 3 aromatic rings. The second-order valence-electron chi connectivity index (χ2n) is 8.36. The zero-order chi connectivity index (χ0) is 22.3. The highest BCUT2D eigenvalue weighted by molar-refractivity contribution is 7.90. The fourth-order valence-corrected chi connectivity index (χ4v) is 6.15. The first-order chi connectivity index (χ1) is 15.4. The summed E-state index contributed by atoms with van der Waals surface area (Å²) in [5.74, 6) is 0.473. The molecule has 1 fully saturated rings. The molecule has 6 nitrogen and oxygen atoms in total. The van der Waals surface area contributed by atoms with Crippen LogP contribution in [-0.2, 0) is 21.2 Å². The van der Waals surface area contributed by atoms with E-state index in [2.05, 4.69) is 6.07 Å². The van der Waals surface area contributed by atoms with Gasteiger partial charge in [0.05, 0.1) is 5.75 Å². The number of amides is 1. The van der Waals surface area contributed by atoms with Crippen LogP contribution < -0.4 is 9.46 Å². The zero-order valence-corrected chi connectivity index (χ0v) is 18.1. The Morgan fingerprint density at radius 2 is 1.78 bits per heavy atom. The van der Waals surface area contributed by atoms with Crippen molar-refractivity contribution in [2.24, 2.45) is 0 Å². The Kier molecular flexibility index (Phi) is 5.13. The highest BCUT2D eigenvalue weighted by Gasteiger charge is 2.33. The number of hydrogen-bond donors (Lipinski definition) is 2. The predicted octanol–water partition coefficient (Wildman–Crippen LogP) is 4.20.